The van der Waals surface area contributed by atoms with E-state index in [1.807, 2.05) is 60.7 Å². The third-order valence-electron chi connectivity index (χ3n) is 10.2. The number of benzene rings is 4. The highest BCUT2D eigenvalue weighted by Gasteiger charge is 2.57. The van der Waals surface area contributed by atoms with E-state index in [0.29, 0.717) is 45.9 Å². The first kappa shape index (κ1) is 28.8. The normalized spacial score (nSPS) is 23.7. The van der Waals surface area contributed by atoms with Crippen LogP contribution >= 0.6 is 15.9 Å². The number of para-hydroxylation sites is 2. The van der Waals surface area contributed by atoms with E-state index in [0.717, 1.165) is 21.9 Å². The van der Waals surface area contributed by atoms with Gasteiger partial charge in [0.05, 0.1) is 22.0 Å². The first-order chi connectivity index (χ1) is 23.3. The molecular weight excluding hydrogens is 672 g/mol. The second kappa shape index (κ2) is 10.6. The molecule has 9 rings (SSSR count). The fraction of sp³-hybridized carbons (Fsp3) is 0.154. The summed E-state index contributed by atoms with van der Waals surface area (Å²) in [5.41, 5.74) is 4.48. The van der Waals surface area contributed by atoms with E-state index in [-0.39, 0.29) is 40.0 Å². The largest absolute Gasteiger partial charge is 0.508 e. The number of halogens is 1. The number of oxazole rings is 1. The Kier molecular flexibility index (Phi) is 6.33. The molecule has 3 aliphatic carbocycles. The Hall–Kier alpha value is -5.41. The smallest absolute Gasteiger partial charge is 0.238 e. The molecule has 1 N–H and O–H groups in total. The maximum absolute atomic E-state index is 14.4. The summed E-state index contributed by atoms with van der Waals surface area (Å²) in [7, 11) is 0. The molecule has 2 amide bonds. The minimum absolute atomic E-state index is 0.00225. The predicted octanol–water partition coefficient (Wildman–Crippen LogP) is 7.32. The average molecular weight is 698 g/mol. The van der Waals surface area contributed by atoms with E-state index in [1.165, 1.54) is 11.0 Å². The van der Waals surface area contributed by atoms with Crippen molar-refractivity contribution in [1.82, 2.24) is 4.98 Å². The van der Waals surface area contributed by atoms with E-state index in [9.17, 15) is 24.3 Å². The standard InChI is InChI=1S/C39H25BrN2O6/c40-27-18-30(44)34-26(36(27)45)17-25-23(35(34)33-22-6-2-1-5-19(22)11-16-29(33)43)14-15-24-32(25)39(47)42(38(24)46)21-12-9-20(10-13-21)37-41-28-7-3-4-8-31(28)48-37/h1-14,16,18,24-25,32,35,43H,15,17H2/t24-,25+,32-,35+/m0/s1. The molecule has 8 nitrogen and oxygen atoms in total. The number of phenolic OH excluding ortho intramolecular Hbond substituents is 1. The minimum atomic E-state index is -0.758. The number of hydrogen-bond acceptors (Lipinski definition) is 7. The Morgan fingerprint density at radius 2 is 1.62 bits per heavy atom. The Labute approximate surface area is 282 Å². The molecule has 1 fully saturated rings. The third kappa shape index (κ3) is 4.10. The molecule has 9 heteroatoms. The van der Waals surface area contributed by atoms with Crippen LogP contribution in [-0.2, 0) is 19.2 Å². The number of aromatic nitrogens is 1. The number of phenols is 1. The van der Waals surface area contributed by atoms with Crippen LogP contribution in [0.2, 0.25) is 0 Å². The molecule has 0 spiro atoms. The second-order valence-corrected chi connectivity index (χ2v) is 13.5. The number of ketones is 2. The fourth-order valence-electron chi connectivity index (χ4n) is 8.13. The van der Waals surface area contributed by atoms with Crippen LogP contribution < -0.4 is 4.90 Å². The number of carbonyl (C=O) groups excluding carboxylic acids is 4. The van der Waals surface area contributed by atoms with Crippen molar-refractivity contribution in [3.8, 4) is 17.2 Å². The highest BCUT2D eigenvalue weighted by molar-refractivity contribution is 9.12. The van der Waals surface area contributed by atoms with Crippen LogP contribution in [0.15, 0.2) is 123 Å². The summed E-state index contributed by atoms with van der Waals surface area (Å²) in [5.74, 6) is -3.49. The fourth-order valence-corrected chi connectivity index (χ4v) is 8.58. The maximum atomic E-state index is 14.4. The molecule has 0 unspecified atom stereocenters. The number of hydrogen-bond donors (Lipinski definition) is 1. The van der Waals surface area contributed by atoms with Gasteiger partial charge in [0.1, 0.15) is 11.3 Å². The van der Waals surface area contributed by atoms with Gasteiger partial charge >= 0.3 is 0 Å². The number of fused-ring (bicyclic) bond motifs is 5. The quantitative estimate of drug-likeness (QED) is 0.119. The summed E-state index contributed by atoms with van der Waals surface area (Å²) < 4.78 is 6.05. The van der Waals surface area contributed by atoms with Gasteiger partial charge in [0.2, 0.25) is 17.7 Å². The van der Waals surface area contributed by atoms with Crippen LogP contribution in [0.5, 0.6) is 5.75 Å². The Bertz CT molecular complexity index is 2350. The first-order valence-electron chi connectivity index (χ1n) is 15.7. The highest BCUT2D eigenvalue weighted by atomic mass is 79.9. The Morgan fingerprint density at radius 1 is 0.854 bits per heavy atom. The predicted molar refractivity (Wildman–Crippen MR) is 182 cm³/mol. The average Bonchev–Trinajstić information content (AvgIpc) is 3.65. The Balaban J connectivity index is 1.12. The number of nitrogens with zero attached hydrogens (tertiary/aromatic N) is 2. The molecule has 1 aliphatic heterocycles. The second-order valence-electron chi connectivity index (χ2n) is 12.7. The minimum Gasteiger partial charge on any atom is -0.508 e. The summed E-state index contributed by atoms with van der Waals surface area (Å²) in [5, 5.41) is 13.0. The van der Waals surface area contributed by atoms with Gasteiger partial charge in [-0.3, -0.25) is 24.1 Å². The lowest BCUT2D eigenvalue weighted by atomic mass is 9.59. The molecule has 0 saturated carbocycles. The van der Waals surface area contributed by atoms with E-state index < -0.39 is 23.7 Å². The van der Waals surface area contributed by atoms with Crippen molar-refractivity contribution in [3.63, 3.8) is 0 Å². The van der Waals surface area contributed by atoms with E-state index in [2.05, 4.69) is 20.9 Å². The lowest BCUT2D eigenvalue weighted by molar-refractivity contribution is -0.123. The summed E-state index contributed by atoms with van der Waals surface area (Å²) >= 11 is 3.28. The zero-order chi connectivity index (χ0) is 32.8. The van der Waals surface area contributed by atoms with Gasteiger partial charge in [-0.15, -0.1) is 0 Å². The molecule has 2 heterocycles. The van der Waals surface area contributed by atoms with Gasteiger partial charge in [-0.1, -0.05) is 54.1 Å². The van der Waals surface area contributed by atoms with Crippen molar-refractivity contribution in [2.24, 2.45) is 17.8 Å². The molecule has 5 aromatic rings. The van der Waals surface area contributed by atoms with Crippen molar-refractivity contribution in [3.05, 3.63) is 124 Å². The van der Waals surface area contributed by atoms with E-state index in [4.69, 9.17) is 4.42 Å². The molecular formula is C39H25BrN2O6. The van der Waals surface area contributed by atoms with Crippen LogP contribution in [0.4, 0.5) is 5.69 Å². The number of anilines is 1. The lowest BCUT2D eigenvalue weighted by Crippen LogP contribution is -2.39. The lowest BCUT2D eigenvalue weighted by Gasteiger charge is -2.42. The number of allylic oxidation sites excluding steroid dienone is 6. The SMILES string of the molecule is O=C1C=C(Br)C(=O)C2=C1[C@@H](c1c(O)ccc3ccccc13)C1=CC[C@@H]3C(=O)N(c4ccc(-c5nc6ccccc6o5)cc4)C(=O)[C@@H]3[C@@H]1C2. The zero-order valence-electron chi connectivity index (χ0n) is 25.2. The number of carbonyl (C=O) groups is 4. The van der Waals surface area contributed by atoms with Crippen LogP contribution in [0.1, 0.15) is 24.3 Å². The number of rotatable bonds is 3. The number of amides is 2. The summed E-state index contributed by atoms with van der Waals surface area (Å²) in [6.45, 7) is 0. The maximum Gasteiger partial charge on any atom is 0.238 e. The Morgan fingerprint density at radius 3 is 2.44 bits per heavy atom. The summed E-state index contributed by atoms with van der Waals surface area (Å²) in [4.78, 5) is 61.5. The van der Waals surface area contributed by atoms with Crippen molar-refractivity contribution >= 4 is 66.9 Å². The zero-order valence-corrected chi connectivity index (χ0v) is 26.8. The topological polar surface area (TPSA) is 118 Å². The van der Waals surface area contributed by atoms with E-state index >= 15 is 0 Å². The van der Waals surface area contributed by atoms with Crippen molar-refractivity contribution in [2.45, 2.75) is 18.8 Å². The molecule has 1 aromatic heterocycles. The van der Waals surface area contributed by atoms with Gasteiger partial charge in [0.25, 0.3) is 0 Å². The van der Waals surface area contributed by atoms with Gasteiger partial charge in [0.15, 0.2) is 17.1 Å². The van der Waals surface area contributed by atoms with Crippen LogP contribution in [0.25, 0.3) is 33.3 Å². The molecule has 234 valence electrons. The molecule has 0 bridgehead atoms. The van der Waals surface area contributed by atoms with Gasteiger partial charge in [-0.2, -0.15) is 0 Å². The molecule has 4 aromatic carbocycles. The molecule has 4 atom stereocenters. The molecule has 48 heavy (non-hydrogen) atoms. The van der Waals surface area contributed by atoms with Crippen LogP contribution in [0.3, 0.4) is 0 Å². The van der Waals surface area contributed by atoms with E-state index in [1.54, 1.807) is 30.3 Å². The van der Waals surface area contributed by atoms with Crippen molar-refractivity contribution in [1.29, 1.82) is 0 Å². The number of imide groups is 1. The number of aromatic hydroxyl groups is 1. The van der Waals surface area contributed by atoms with Crippen LogP contribution in [0, 0.1) is 17.8 Å². The molecule has 0 radical (unpaired) electrons. The molecule has 4 aliphatic rings. The summed E-state index contributed by atoms with van der Waals surface area (Å²) in [6, 6.07) is 25.4. The number of Topliss-reactive ketones (excluding diaryl/α,β-unsaturated/α-hetero) is 1. The van der Waals surface area contributed by atoms with Crippen LogP contribution in [-0.4, -0.2) is 33.5 Å². The van der Waals surface area contributed by atoms with Gasteiger partial charge in [-0.05, 0) is 87.9 Å². The van der Waals surface area contributed by atoms with Gasteiger partial charge < -0.3 is 9.52 Å². The van der Waals surface area contributed by atoms with Crippen molar-refractivity contribution < 1.29 is 28.7 Å². The van der Waals surface area contributed by atoms with Gasteiger partial charge in [0, 0.05) is 34.3 Å². The van der Waals surface area contributed by atoms with Gasteiger partial charge in [-0.25, -0.2) is 4.98 Å². The summed E-state index contributed by atoms with van der Waals surface area (Å²) in [6.07, 6.45) is 3.68. The third-order valence-corrected chi connectivity index (χ3v) is 10.8. The highest BCUT2D eigenvalue weighted by Crippen LogP contribution is 2.57. The molecule has 1 saturated heterocycles. The van der Waals surface area contributed by atoms with Crippen molar-refractivity contribution in [2.75, 3.05) is 4.90 Å². The first-order valence-corrected chi connectivity index (χ1v) is 16.5. The monoisotopic (exact) mass is 696 g/mol.